The lowest BCUT2D eigenvalue weighted by molar-refractivity contribution is -0.140. The number of carbonyl (C=O) groups is 4. The molecule has 10 N–H and O–H groups in total. The predicted molar refractivity (Wildman–Crippen MR) is 122 cm³/mol. The maximum absolute atomic E-state index is 10.6. The van der Waals surface area contributed by atoms with Crippen molar-refractivity contribution in [3.05, 3.63) is 83.9 Å². The number of carboxylic acids is 4. The first kappa shape index (κ1) is 29.9. The molecular weight excluding hydrogens is 448 g/mol. The molecular formula is C22H28N4O8. The van der Waals surface area contributed by atoms with Crippen LogP contribution in [-0.2, 0) is 32.0 Å². The number of hydrazine groups is 2. The number of aliphatic carboxylic acids is 4. The molecule has 2 aromatic carbocycles. The lowest BCUT2D eigenvalue weighted by atomic mass is 10.1. The first-order chi connectivity index (χ1) is 16.1. The number of nitrogens with two attached hydrogens (primary N) is 2. The third kappa shape index (κ3) is 14.8. The van der Waals surface area contributed by atoms with Crippen LogP contribution in [0.15, 0.2) is 72.8 Å². The first-order valence-corrected chi connectivity index (χ1v) is 9.70. The highest BCUT2D eigenvalue weighted by Gasteiger charge is 2.15. The summed E-state index contributed by atoms with van der Waals surface area (Å²) >= 11 is 0. The second-order valence-corrected chi connectivity index (χ2v) is 6.50. The van der Waals surface area contributed by atoms with Gasteiger partial charge in [-0.15, -0.1) is 0 Å². The Morgan fingerprint density at radius 2 is 0.941 bits per heavy atom. The van der Waals surface area contributed by atoms with Gasteiger partial charge < -0.3 is 20.4 Å². The van der Waals surface area contributed by atoms with Gasteiger partial charge in [0.1, 0.15) is 12.1 Å². The molecule has 0 radical (unpaired) electrons. The molecule has 0 unspecified atom stereocenters. The van der Waals surface area contributed by atoms with Gasteiger partial charge in [0.15, 0.2) is 0 Å². The van der Waals surface area contributed by atoms with Gasteiger partial charge in [-0.3, -0.25) is 21.3 Å². The van der Waals surface area contributed by atoms with Crippen molar-refractivity contribution >= 4 is 23.9 Å². The molecule has 0 saturated carbocycles. The summed E-state index contributed by atoms with van der Waals surface area (Å²) in [6.07, 6.45) is 1.91. The fourth-order valence-corrected chi connectivity index (χ4v) is 2.28. The number of hydrogen-bond acceptors (Lipinski definition) is 8. The van der Waals surface area contributed by atoms with E-state index >= 15 is 0 Å². The lowest BCUT2D eigenvalue weighted by Gasteiger charge is -2.09. The van der Waals surface area contributed by atoms with Crippen LogP contribution in [0, 0.1) is 0 Å². The Balaban J connectivity index is 0.000000497. The van der Waals surface area contributed by atoms with Gasteiger partial charge >= 0.3 is 23.9 Å². The molecule has 0 amide bonds. The monoisotopic (exact) mass is 476 g/mol. The molecule has 12 heteroatoms. The van der Waals surface area contributed by atoms with Crippen molar-refractivity contribution in [1.82, 2.24) is 10.9 Å². The van der Waals surface area contributed by atoms with E-state index in [0.717, 1.165) is 11.1 Å². The summed E-state index contributed by atoms with van der Waals surface area (Å²) in [6, 6.07) is 17.3. The molecule has 2 rings (SSSR count). The molecule has 2 atom stereocenters. The van der Waals surface area contributed by atoms with Crippen LogP contribution in [0.2, 0.25) is 0 Å². The summed E-state index contributed by atoms with van der Waals surface area (Å²) in [6.45, 7) is 0. The Kier molecular flexibility index (Phi) is 15.4. The zero-order valence-electron chi connectivity index (χ0n) is 18.1. The molecule has 0 fully saturated rings. The Morgan fingerprint density at radius 3 is 1.15 bits per heavy atom. The molecule has 0 aromatic heterocycles. The quantitative estimate of drug-likeness (QED) is 0.129. The van der Waals surface area contributed by atoms with Crippen LogP contribution in [0.1, 0.15) is 11.1 Å². The molecule has 0 saturated heterocycles. The van der Waals surface area contributed by atoms with Crippen LogP contribution in [0.4, 0.5) is 0 Å². The summed E-state index contributed by atoms with van der Waals surface area (Å²) in [5.41, 5.74) is 6.40. The fourth-order valence-electron chi connectivity index (χ4n) is 2.28. The summed E-state index contributed by atoms with van der Waals surface area (Å²) in [4.78, 5) is 40.3. The molecule has 0 aliphatic carbocycles. The van der Waals surface area contributed by atoms with E-state index in [1.807, 2.05) is 60.7 Å². The summed E-state index contributed by atoms with van der Waals surface area (Å²) in [5, 5.41) is 33.0. The smallest absolute Gasteiger partial charge is 0.328 e. The van der Waals surface area contributed by atoms with Gasteiger partial charge in [0.25, 0.3) is 0 Å². The van der Waals surface area contributed by atoms with Crippen LogP contribution in [0.25, 0.3) is 0 Å². The molecule has 184 valence electrons. The standard InChI is InChI=1S/2C9H12N2O2.C4H4O4/c2*10-11-8(9(12)13)6-7-4-2-1-3-5-7;5-3(6)1-2-4(7)8/h2*1-5,8,11H,6,10H2,(H,12,13);1-2H,(H,5,6)(H,7,8)/b;;2-1-/t2*8-;/m00./s1. The minimum atomic E-state index is -1.26. The molecule has 0 aliphatic rings. The topological polar surface area (TPSA) is 225 Å². The lowest BCUT2D eigenvalue weighted by Crippen LogP contribution is -2.42. The van der Waals surface area contributed by atoms with Crippen molar-refractivity contribution < 1.29 is 39.6 Å². The summed E-state index contributed by atoms with van der Waals surface area (Å²) in [7, 11) is 0. The highest BCUT2D eigenvalue weighted by atomic mass is 16.4. The van der Waals surface area contributed by atoms with Crippen LogP contribution >= 0.6 is 0 Å². The van der Waals surface area contributed by atoms with Gasteiger partial charge in [0.05, 0.1) is 0 Å². The third-order valence-corrected chi connectivity index (χ3v) is 3.93. The van der Waals surface area contributed by atoms with E-state index in [2.05, 4.69) is 10.9 Å². The van der Waals surface area contributed by atoms with Crippen molar-refractivity contribution in [3.8, 4) is 0 Å². The molecule has 0 aliphatic heterocycles. The molecule has 12 nitrogen and oxygen atoms in total. The Labute approximate surface area is 195 Å². The van der Waals surface area contributed by atoms with Crippen LogP contribution in [0.5, 0.6) is 0 Å². The van der Waals surface area contributed by atoms with Gasteiger partial charge in [-0.1, -0.05) is 60.7 Å². The molecule has 0 bridgehead atoms. The zero-order valence-corrected chi connectivity index (χ0v) is 18.1. The fraction of sp³-hybridized carbons (Fsp3) is 0.182. The number of benzene rings is 2. The van der Waals surface area contributed by atoms with E-state index in [4.69, 9.17) is 32.1 Å². The van der Waals surface area contributed by atoms with Crippen LogP contribution in [0.3, 0.4) is 0 Å². The van der Waals surface area contributed by atoms with Crippen LogP contribution in [-0.4, -0.2) is 56.4 Å². The normalized spacial score (nSPS) is 11.7. The number of hydrogen-bond donors (Lipinski definition) is 8. The average Bonchev–Trinajstić information content (AvgIpc) is 2.81. The summed E-state index contributed by atoms with van der Waals surface area (Å²) < 4.78 is 0. The molecule has 0 spiro atoms. The van der Waals surface area contributed by atoms with E-state index < -0.39 is 36.0 Å². The van der Waals surface area contributed by atoms with Crippen molar-refractivity contribution in [2.75, 3.05) is 0 Å². The van der Waals surface area contributed by atoms with E-state index in [1.165, 1.54) is 0 Å². The van der Waals surface area contributed by atoms with E-state index in [-0.39, 0.29) is 0 Å². The summed E-state index contributed by atoms with van der Waals surface area (Å²) in [5.74, 6) is 5.79. The van der Waals surface area contributed by atoms with Crippen molar-refractivity contribution in [3.63, 3.8) is 0 Å². The second kappa shape index (κ2) is 17.5. The Hall–Kier alpha value is -4.10. The SMILES string of the molecule is NN[C@@H](Cc1ccccc1)C(=O)O.NN[C@@H](Cc1ccccc1)C(=O)O.O=C(O)/C=C\C(=O)O. The van der Waals surface area contributed by atoms with Gasteiger partial charge in [-0.05, 0) is 24.0 Å². The third-order valence-electron chi connectivity index (χ3n) is 3.93. The number of nitrogens with one attached hydrogen (secondary N) is 2. The maximum Gasteiger partial charge on any atom is 0.328 e. The minimum Gasteiger partial charge on any atom is -0.480 e. The molecule has 2 aromatic rings. The minimum absolute atomic E-state index is 0.396. The van der Waals surface area contributed by atoms with E-state index in [1.54, 1.807) is 0 Å². The zero-order chi connectivity index (χ0) is 25.9. The van der Waals surface area contributed by atoms with Gasteiger partial charge in [0, 0.05) is 12.2 Å². The van der Waals surface area contributed by atoms with Crippen molar-refractivity contribution in [2.24, 2.45) is 11.7 Å². The predicted octanol–water partition coefficient (Wildman–Crippen LogP) is 0.00300. The van der Waals surface area contributed by atoms with Crippen LogP contribution < -0.4 is 22.5 Å². The number of rotatable bonds is 10. The maximum atomic E-state index is 10.6. The first-order valence-electron chi connectivity index (χ1n) is 9.70. The van der Waals surface area contributed by atoms with Gasteiger partial charge in [-0.2, -0.15) is 0 Å². The van der Waals surface area contributed by atoms with Crippen molar-refractivity contribution in [1.29, 1.82) is 0 Å². The van der Waals surface area contributed by atoms with Crippen molar-refractivity contribution in [2.45, 2.75) is 24.9 Å². The highest BCUT2D eigenvalue weighted by molar-refractivity contribution is 5.89. The number of carboxylic acid groups (broad SMARTS) is 4. The van der Waals surface area contributed by atoms with E-state index in [9.17, 15) is 19.2 Å². The highest BCUT2D eigenvalue weighted by Crippen LogP contribution is 2.03. The van der Waals surface area contributed by atoms with Gasteiger partial charge in [0.2, 0.25) is 0 Å². The Bertz CT molecular complexity index is 848. The second-order valence-electron chi connectivity index (χ2n) is 6.50. The van der Waals surface area contributed by atoms with Gasteiger partial charge in [-0.25, -0.2) is 20.4 Å². The molecule has 0 heterocycles. The largest absolute Gasteiger partial charge is 0.480 e. The average molecular weight is 476 g/mol. The Morgan fingerprint density at radius 1 is 0.647 bits per heavy atom. The van der Waals surface area contributed by atoms with E-state index in [0.29, 0.717) is 25.0 Å². The molecule has 34 heavy (non-hydrogen) atoms.